The predicted molar refractivity (Wildman–Crippen MR) is 73.2 cm³/mol. The van der Waals surface area contributed by atoms with E-state index in [9.17, 15) is 22.8 Å². The van der Waals surface area contributed by atoms with Gasteiger partial charge in [0, 0.05) is 6.07 Å². The molecule has 0 radical (unpaired) electrons. The smallest absolute Gasteiger partial charge is 0.320 e. The van der Waals surface area contributed by atoms with E-state index in [1.165, 1.54) is 6.07 Å². The lowest BCUT2D eigenvalue weighted by Crippen LogP contribution is -2.36. The van der Waals surface area contributed by atoms with Crippen molar-refractivity contribution in [2.45, 2.75) is 6.92 Å². The molecule has 0 saturated carbocycles. The first kappa shape index (κ1) is 16.3. The maximum absolute atomic E-state index is 13.4. The van der Waals surface area contributed by atoms with E-state index in [0.717, 1.165) is 6.07 Å². The number of urea groups is 1. The summed E-state index contributed by atoms with van der Waals surface area (Å²) in [6, 6.07) is 2.24. The molecule has 0 aliphatic carbocycles. The molecule has 1 aromatic carbocycles. The van der Waals surface area contributed by atoms with Gasteiger partial charge >= 0.3 is 6.03 Å². The van der Waals surface area contributed by atoms with Crippen molar-refractivity contribution >= 4 is 23.4 Å². The fourth-order valence-corrected chi connectivity index (χ4v) is 1.56. The van der Waals surface area contributed by atoms with Crippen LogP contribution in [-0.2, 0) is 4.79 Å². The molecule has 0 aliphatic rings. The minimum atomic E-state index is -1.70. The molecule has 3 amide bonds. The van der Waals surface area contributed by atoms with Crippen LogP contribution in [0.4, 0.5) is 29.5 Å². The Kier molecular flexibility index (Phi) is 4.84. The number of nitrogens with one attached hydrogen (secondary N) is 3. The Balaban J connectivity index is 1.85. The van der Waals surface area contributed by atoms with Gasteiger partial charge in [-0.25, -0.2) is 18.0 Å². The van der Waals surface area contributed by atoms with Gasteiger partial charge in [0.25, 0.3) is 0 Å². The fraction of sp³-hybridized carbons (Fsp3) is 0.154. The van der Waals surface area contributed by atoms with E-state index in [1.54, 1.807) is 6.92 Å². The third-order valence-corrected chi connectivity index (χ3v) is 2.59. The van der Waals surface area contributed by atoms with Crippen LogP contribution in [0, 0.1) is 24.4 Å². The van der Waals surface area contributed by atoms with E-state index in [-0.39, 0.29) is 5.82 Å². The van der Waals surface area contributed by atoms with Crippen LogP contribution in [0.3, 0.4) is 0 Å². The van der Waals surface area contributed by atoms with Gasteiger partial charge in [0.2, 0.25) is 5.91 Å². The molecule has 0 bridgehead atoms. The normalized spacial score (nSPS) is 10.3. The lowest BCUT2D eigenvalue weighted by Gasteiger charge is -2.08. The molecule has 122 valence electrons. The maximum atomic E-state index is 13.4. The summed E-state index contributed by atoms with van der Waals surface area (Å²) >= 11 is 0. The fourth-order valence-electron chi connectivity index (χ4n) is 1.56. The molecule has 0 fully saturated rings. The molecule has 0 saturated heterocycles. The molecule has 0 aliphatic heterocycles. The molecule has 3 N–H and O–H groups in total. The number of carbonyl (C=O) groups is 2. The van der Waals surface area contributed by atoms with E-state index in [4.69, 9.17) is 4.52 Å². The highest BCUT2D eigenvalue weighted by Crippen LogP contribution is 2.19. The van der Waals surface area contributed by atoms with Gasteiger partial charge in [-0.1, -0.05) is 5.16 Å². The Morgan fingerprint density at radius 1 is 1.17 bits per heavy atom. The topological polar surface area (TPSA) is 96.3 Å². The maximum Gasteiger partial charge on any atom is 0.320 e. The van der Waals surface area contributed by atoms with Crippen molar-refractivity contribution in [3.63, 3.8) is 0 Å². The second-order valence-corrected chi connectivity index (χ2v) is 4.40. The number of aromatic nitrogens is 1. The van der Waals surface area contributed by atoms with Crippen LogP contribution < -0.4 is 16.0 Å². The van der Waals surface area contributed by atoms with Crippen molar-refractivity contribution in [2.75, 3.05) is 17.2 Å². The third-order valence-electron chi connectivity index (χ3n) is 2.59. The summed E-state index contributed by atoms with van der Waals surface area (Å²) in [5.41, 5.74) is -0.539. The molecular weight excluding hydrogens is 317 g/mol. The standard InChI is InChI=1S/C13H11F3N4O3/c1-6-4-9(20-23-6)19-13(22)17-5-10(21)18-8-3-2-7(14)11(15)12(8)16/h2-4H,5H2,1H3,(H,18,21)(H2,17,19,20,22). The first-order valence-corrected chi connectivity index (χ1v) is 6.28. The number of halogens is 3. The van der Waals surface area contributed by atoms with E-state index >= 15 is 0 Å². The Morgan fingerprint density at radius 2 is 1.91 bits per heavy atom. The summed E-state index contributed by atoms with van der Waals surface area (Å²) in [6.07, 6.45) is 0. The molecule has 2 rings (SSSR count). The van der Waals surface area contributed by atoms with Gasteiger partial charge in [0.05, 0.1) is 12.2 Å². The number of rotatable bonds is 4. The Hall–Kier alpha value is -3.04. The monoisotopic (exact) mass is 328 g/mol. The van der Waals surface area contributed by atoms with Gasteiger partial charge in [-0.05, 0) is 19.1 Å². The average molecular weight is 328 g/mol. The summed E-state index contributed by atoms with van der Waals surface area (Å²) in [5.74, 6) is -4.81. The van der Waals surface area contributed by atoms with Crippen molar-refractivity contribution < 1.29 is 27.3 Å². The number of aryl methyl sites for hydroxylation is 1. The van der Waals surface area contributed by atoms with Crippen molar-refractivity contribution in [1.29, 1.82) is 0 Å². The quantitative estimate of drug-likeness (QED) is 0.749. The number of hydrogen-bond donors (Lipinski definition) is 3. The van der Waals surface area contributed by atoms with Crippen molar-refractivity contribution in [3.05, 3.63) is 41.4 Å². The number of amides is 3. The molecule has 23 heavy (non-hydrogen) atoms. The van der Waals surface area contributed by atoms with Crippen molar-refractivity contribution in [3.8, 4) is 0 Å². The minimum absolute atomic E-state index is 0.145. The van der Waals surface area contributed by atoms with E-state index in [2.05, 4.69) is 15.8 Å². The summed E-state index contributed by atoms with van der Waals surface area (Å²) in [7, 11) is 0. The van der Waals surface area contributed by atoms with E-state index < -0.39 is 41.6 Å². The predicted octanol–water partition coefficient (Wildman–Crippen LogP) is 2.16. The summed E-state index contributed by atoms with van der Waals surface area (Å²) in [6.45, 7) is 1.10. The van der Waals surface area contributed by atoms with Crippen LogP contribution >= 0.6 is 0 Å². The number of benzene rings is 1. The molecule has 0 atom stereocenters. The van der Waals surface area contributed by atoms with Crippen LogP contribution in [0.2, 0.25) is 0 Å². The molecule has 0 unspecified atom stereocenters. The van der Waals surface area contributed by atoms with Gasteiger partial charge in [-0.15, -0.1) is 0 Å². The van der Waals surface area contributed by atoms with Crippen LogP contribution in [0.5, 0.6) is 0 Å². The lowest BCUT2D eigenvalue weighted by molar-refractivity contribution is -0.115. The highest BCUT2D eigenvalue weighted by Gasteiger charge is 2.15. The Morgan fingerprint density at radius 3 is 2.57 bits per heavy atom. The minimum Gasteiger partial charge on any atom is -0.360 e. The molecule has 0 spiro atoms. The zero-order valence-corrected chi connectivity index (χ0v) is 11.7. The molecule has 7 nitrogen and oxygen atoms in total. The van der Waals surface area contributed by atoms with Gasteiger partial charge in [-0.3, -0.25) is 10.1 Å². The van der Waals surface area contributed by atoms with E-state index in [0.29, 0.717) is 11.8 Å². The summed E-state index contributed by atoms with van der Waals surface area (Å²) < 4.78 is 43.8. The molecule has 10 heteroatoms. The SMILES string of the molecule is Cc1cc(NC(=O)NCC(=O)Nc2ccc(F)c(F)c2F)no1. The first-order chi connectivity index (χ1) is 10.9. The Labute approximate surface area is 127 Å². The van der Waals surface area contributed by atoms with Crippen LogP contribution in [0.15, 0.2) is 22.7 Å². The molecular formula is C13H11F3N4O3. The van der Waals surface area contributed by atoms with Gasteiger partial charge in [0.1, 0.15) is 5.76 Å². The largest absolute Gasteiger partial charge is 0.360 e. The van der Waals surface area contributed by atoms with Crippen LogP contribution in [0.25, 0.3) is 0 Å². The second kappa shape index (κ2) is 6.81. The zero-order chi connectivity index (χ0) is 17.0. The lowest BCUT2D eigenvalue weighted by atomic mass is 10.2. The summed E-state index contributed by atoms with van der Waals surface area (Å²) in [5, 5.41) is 9.97. The van der Waals surface area contributed by atoms with E-state index in [1.807, 2.05) is 5.32 Å². The van der Waals surface area contributed by atoms with Gasteiger partial charge in [-0.2, -0.15) is 0 Å². The number of hydrogen-bond acceptors (Lipinski definition) is 4. The zero-order valence-electron chi connectivity index (χ0n) is 11.7. The third kappa shape index (κ3) is 4.22. The van der Waals surface area contributed by atoms with Crippen molar-refractivity contribution in [2.24, 2.45) is 0 Å². The highest BCUT2D eigenvalue weighted by molar-refractivity contribution is 5.96. The first-order valence-electron chi connectivity index (χ1n) is 6.28. The molecule has 1 aromatic heterocycles. The number of anilines is 2. The van der Waals surface area contributed by atoms with Gasteiger partial charge < -0.3 is 15.2 Å². The van der Waals surface area contributed by atoms with Crippen molar-refractivity contribution in [1.82, 2.24) is 10.5 Å². The molecule has 1 heterocycles. The Bertz CT molecular complexity index is 748. The highest BCUT2D eigenvalue weighted by atomic mass is 19.2. The van der Waals surface area contributed by atoms with Gasteiger partial charge in [0.15, 0.2) is 23.3 Å². The van der Waals surface area contributed by atoms with Crippen LogP contribution in [0.1, 0.15) is 5.76 Å². The number of carbonyl (C=O) groups excluding carboxylic acids is 2. The second-order valence-electron chi connectivity index (χ2n) is 4.40. The molecule has 2 aromatic rings. The number of nitrogens with zero attached hydrogens (tertiary/aromatic N) is 1. The van der Waals surface area contributed by atoms with Crippen LogP contribution in [-0.4, -0.2) is 23.6 Å². The summed E-state index contributed by atoms with van der Waals surface area (Å²) in [4.78, 5) is 23.0. The average Bonchev–Trinajstić information content (AvgIpc) is 2.91.